The molecule has 1 N–H and O–H groups in total. The van der Waals surface area contributed by atoms with Crippen molar-refractivity contribution in [2.45, 2.75) is 46.1 Å². The van der Waals surface area contributed by atoms with Gasteiger partial charge in [0.2, 0.25) is 12.7 Å². The van der Waals surface area contributed by atoms with Gasteiger partial charge in [-0.2, -0.15) is 0 Å². The van der Waals surface area contributed by atoms with Crippen LogP contribution in [0.1, 0.15) is 40.0 Å². The van der Waals surface area contributed by atoms with E-state index in [1.165, 1.54) is 0 Å². The SMILES string of the molecule is CCCCCN1C(=O)C(C(C)C)Nc2cc3c(cc21)OCO3. The van der Waals surface area contributed by atoms with Crippen LogP contribution in [0.25, 0.3) is 0 Å². The number of fused-ring (bicyclic) bond motifs is 2. The molecule has 0 fully saturated rings. The molecule has 120 valence electrons. The summed E-state index contributed by atoms with van der Waals surface area (Å²) in [5.41, 5.74) is 1.86. The average Bonchev–Trinajstić information content (AvgIpc) is 2.94. The van der Waals surface area contributed by atoms with Crippen LogP contribution in [-0.4, -0.2) is 25.3 Å². The number of unbranched alkanes of at least 4 members (excludes halogenated alkanes) is 2. The molecule has 1 unspecified atom stereocenters. The Morgan fingerprint density at radius 2 is 2.00 bits per heavy atom. The van der Waals surface area contributed by atoms with Crippen LogP contribution in [0.15, 0.2) is 12.1 Å². The Bertz CT molecular complexity index is 571. The second-order valence-electron chi connectivity index (χ2n) is 6.29. The number of anilines is 2. The number of rotatable bonds is 5. The van der Waals surface area contributed by atoms with Gasteiger partial charge in [-0.1, -0.05) is 33.6 Å². The van der Waals surface area contributed by atoms with E-state index in [0.29, 0.717) is 0 Å². The maximum absolute atomic E-state index is 12.8. The van der Waals surface area contributed by atoms with Gasteiger partial charge in [-0.3, -0.25) is 4.79 Å². The number of carbonyl (C=O) groups is 1. The van der Waals surface area contributed by atoms with Crippen LogP contribution in [-0.2, 0) is 4.79 Å². The molecule has 2 aliphatic heterocycles. The van der Waals surface area contributed by atoms with Crippen LogP contribution in [0.3, 0.4) is 0 Å². The highest BCUT2D eigenvalue weighted by atomic mass is 16.7. The van der Waals surface area contributed by atoms with E-state index < -0.39 is 0 Å². The third kappa shape index (κ3) is 2.60. The predicted molar refractivity (Wildman–Crippen MR) is 86.7 cm³/mol. The van der Waals surface area contributed by atoms with Crippen LogP contribution in [0.4, 0.5) is 11.4 Å². The summed E-state index contributed by atoms with van der Waals surface area (Å²) in [7, 11) is 0. The van der Waals surface area contributed by atoms with Gasteiger partial charge in [-0.25, -0.2) is 0 Å². The smallest absolute Gasteiger partial charge is 0.249 e. The molecule has 1 amide bonds. The van der Waals surface area contributed by atoms with Crippen molar-refractivity contribution in [1.82, 2.24) is 0 Å². The topological polar surface area (TPSA) is 50.8 Å². The highest BCUT2D eigenvalue weighted by Crippen LogP contribution is 2.43. The highest BCUT2D eigenvalue weighted by Gasteiger charge is 2.35. The third-order valence-corrected chi connectivity index (χ3v) is 4.28. The summed E-state index contributed by atoms with van der Waals surface area (Å²) in [4.78, 5) is 14.7. The Morgan fingerprint density at radius 3 is 2.68 bits per heavy atom. The first-order chi connectivity index (χ1) is 10.6. The van der Waals surface area contributed by atoms with E-state index in [-0.39, 0.29) is 24.7 Å². The molecule has 22 heavy (non-hydrogen) atoms. The van der Waals surface area contributed by atoms with Gasteiger partial charge in [-0.05, 0) is 12.3 Å². The largest absolute Gasteiger partial charge is 0.454 e. The normalized spacial score (nSPS) is 19.4. The molecular weight excluding hydrogens is 280 g/mol. The van der Waals surface area contributed by atoms with Gasteiger partial charge in [0.1, 0.15) is 6.04 Å². The van der Waals surface area contributed by atoms with Gasteiger partial charge in [0.15, 0.2) is 11.5 Å². The predicted octanol–water partition coefficient (Wildman–Crippen LogP) is 3.39. The molecule has 0 saturated carbocycles. The van der Waals surface area contributed by atoms with Crippen molar-refractivity contribution in [2.75, 3.05) is 23.6 Å². The van der Waals surface area contributed by atoms with Crippen LogP contribution < -0.4 is 19.7 Å². The molecule has 2 heterocycles. The molecule has 5 heteroatoms. The zero-order valence-corrected chi connectivity index (χ0v) is 13.5. The maximum atomic E-state index is 12.8. The van der Waals surface area contributed by atoms with Crippen molar-refractivity contribution in [2.24, 2.45) is 5.92 Å². The molecule has 2 aliphatic rings. The summed E-state index contributed by atoms with van der Waals surface area (Å²) >= 11 is 0. The fraction of sp³-hybridized carbons (Fsp3) is 0.588. The number of ether oxygens (including phenoxy) is 2. The van der Waals surface area contributed by atoms with E-state index in [9.17, 15) is 4.79 Å². The Hall–Kier alpha value is -1.91. The first kappa shape index (κ1) is 15.0. The number of nitrogens with zero attached hydrogens (tertiary/aromatic N) is 1. The van der Waals surface area contributed by atoms with Crippen molar-refractivity contribution in [3.63, 3.8) is 0 Å². The minimum atomic E-state index is -0.186. The fourth-order valence-electron chi connectivity index (χ4n) is 2.99. The molecule has 1 aromatic rings. The molecule has 5 nitrogen and oxygen atoms in total. The van der Waals surface area contributed by atoms with E-state index in [1.54, 1.807) is 0 Å². The lowest BCUT2D eigenvalue weighted by atomic mass is 9.98. The van der Waals surface area contributed by atoms with Crippen LogP contribution in [0, 0.1) is 5.92 Å². The number of carbonyl (C=O) groups excluding carboxylic acids is 1. The molecule has 0 saturated heterocycles. The molecule has 0 aromatic heterocycles. The summed E-state index contributed by atoms with van der Waals surface area (Å²) in [6.07, 6.45) is 3.28. The minimum Gasteiger partial charge on any atom is -0.454 e. The highest BCUT2D eigenvalue weighted by molar-refractivity contribution is 6.05. The number of hydrogen-bond donors (Lipinski definition) is 1. The van der Waals surface area contributed by atoms with Crippen molar-refractivity contribution < 1.29 is 14.3 Å². The molecule has 0 spiro atoms. The number of benzene rings is 1. The van der Waals surface area contributed by atoms with Crippen molar-refractivity contribution in [1.29, 1.82) is 0 Å². The first-order valence-electron chi connectivity index (χ1n) is 8.13. The van der Waals surface area contributed by atoms with Crippen molar-refractivity contribution in [3.8, 4) is 11.5 Å². The van der Waals surface area contributed by atoms with Crippen LogP contribution in [0.5, 0.6) is 11.5 Å². The Kier molecular flexibility index (Phi) is 4.14. The number of amides is 1. The van der Waals surface area contributed by atoms with E-state index in [2.05, 4.69) is 26.1 Å². The molecule has 0 radical (unpaired) electrons. The van der Waals surface area contributed by atoms with Crippen molar-refractivity contribution >= 4 is 17.3 Å². The van der Waals surface area contributed by atoms with Gasteiger partial charge in [0.25, 0.3) is 0 Å². The molecule has 1 aromatic carbocycles. The van der Waals surface area contributed by atoms with Gasteiger partial charge >= 0.3 is 0 Å². The zero-order valence-electron chi connectivity index (χ0n) is 13.5. The average molecular weight is 304 g/mol. The lowest BCUT2D eigenvalue weighted by molar-refractivity contribution is -0.120. The number of nitrogens with one attached hydrogen (secondary N) is 1. The standard InChI is InChI=1S/C17H24N2O3/c1-4-5-6-7-19-13-9-15-14(21-10-22-15)8-12(13)18-16(11(2)3)17(19)20/h8-9,11,16,18H,4-7,10H2,1-3H3. The van der Waals surface area contributed by atoms with Gasteiger partial charge in [-0.15, -0.1) is 0 Å². The van der Waals surface area contributed by atoms with E-state index >= 15 is 0 Å². The second-order valence-corrected chi connectivity index (χ2v) is 6.29. The summed E-state index contributed by atoms with van der Waals surface area (Å²) in [5.74, 6) is 1.85. The lowest BCUT2D eigenvalue weighted by Gasteiger charge is -2.37. The fourth-order valence-corrected chi connectivity index (χ4v) is 2.99. The Labute approximate surface area is 131 Å². The monoisotopic (exact) mass is 304 g/mol. The van der Waals surface area contributed by atoms with Gasteiger partial charge < -0.3 is 19.7 Å². The lowest BCUT2D eigenvalue weighted by Crippen LogP contribution is -2.49. The molecule has 0 aliphatic carbocycles. The van der Waals surface area contributed by atoms with Gasteiger partial charge in [0.05, 0.1) is 11.4 Å². The molecule has 0 bridgehead atoms. The summed E-state index contributed by atoms with van der Waals surface area (Å²) in [5, 5.41) is 3.37. The molecule has 1 atom stereocenters. The Balaban J connectivity index is 1.95. The maximum Gasteiger partial charge on any atom is 0.249 e. The quantitative estimate of drug-likeness (QED) is 0.847. The van der Waals surface area contributed by atoms with Crippen molar-refractivity contribution in [3.05, 3.63) is 12.1 Å². The molecule has 3 rings (SSSR count). The molecular formula is C17H24N2O3. The minimum absolute atomic E-state index is 0.150. The summed E-state index contributed by atoms with van der Waals surface area (Å²) < 4.78 is 10.9. The van der Waals surface area contributed by atoms with E-state index in [1.807, 2.05) is 17.0 Å². The summed E-state index contributed by atoms with van der Waals surface area (Å²) in [6, 6.07) is 3.69. The zero-order chi connectivity index (χ0) is 15.7. The number of hydrogen-bond acceptors (Lipinski definition) is 4. The van der Waals surface area contributed by atoms with Crippen LogP contribution >= 0.6 is 0 Å². The first-order valence-corrected chi connectivity index (χ1v) is 8.13. The third-order valence-electron chi connectivity index (χ3n) is 4.28. The van der Waals surface area contributed by atoms with E-state index in [0.717, 1.165) is 48.7 Å². The van der Waals surface area contributed by atoms with Gasteiger partial charge in [0, 0.05) is 18.7 Å². The second kappa shape index (κ2) is 6.07. The van der Waals surface area contributed by atoms with Crippen LogP contribution in [0.2, 0.25) is 0 Å². The Morgan fingerprint density at radius 1 is 1.27 bits per heavy atom. The summed E-state index contributed by atoms with van der Waals surface area (Å²) in [6.45, 7) is 7.30. The van der Waals surface area contributed by atoms with E-state index in [4.69, 9.17) is 9.47 Å².